The van der Waals surface area contributed by atoms with Gasteiger partial charge >= 0.3 is 0 Å². The smallest absolute Gasteiger partial charge is 0.267 e. The highest BCUT2D eigenvalue weighted by Gasteiger charge is 2.18. The maximum atomic E-state index is 12.8. The first-order chi connectivity index (χ1) is 13.2. The number of carbonyl (C=O) groups is 2. The molecule has 0 fully saturated rings. The van der Waals surface area contributed by atoms with Crippen LogP contribution in [-0.2, 0) is 4.79 Å². The van der Waals surface area contributed by atoms with Crippen molar-refractivity contribution >= 4 is 34.5 Å². The Kier molecular flexibility index (Phi) is 5.61. The van der Waals surface area contributed by atoms with E-state index in [-0.39, 0.29) is 11.8 Å². The van der Waals surface area contributed by atoms with E-state index in [0.717, 1.165) is 21.7 Å². The van der Waals surface area contributed by atoms with Crippen molar-refractivity contribution in [2.75, 3.05) is 10.6 Å². The van der Waals surface area contributed by atoms with Crippen LogP contribution in [0.1, 0.15) is 39.0 Å². The van der Waals surface area contributed by atoms with Crippen molar-refractivity contribution in [2.24, 2.45) is 0 Å². The molecule has 0 saturated carbocycles. The van der Waals surface area contributed by atoms with E-state index < -0.39 is 0 Å². The minimum absolute atomic E-state index is 0.150. The summed E-state index contributed by atoms with van der Waals surface area (Å²) in [4.78, 5) is 29.3. The predicted molar refractivity (Wildman–Crippen MR) is 115 cm³/mol. The normalized spacial score (nSPS) is 10.6. The van der Waals surface area contributed by atoms with E-state index in [0.29, 0.717) is 21.9 Å². The Morgan fingerprint density at radius 2 is 1.68 bits per heavy atom. The van der Waals surface area contributed by atoms with E-state index in [1.807, 2.05) is 32.0 Å². The molecule has 0 aliphatic carbocycles. The fourth-order valence-electron chi connectivity index (χ4n) is 2.99. The molecule has 5 nitrogen and oxygen atoms in total. The summed E-state index contributed by atoms with van der Waals surface area (Å²) in [7, 11) is 0. The Balaban J connectivity index is 1.86. The van der Waals surface area contributed by atoms with Gasteiger partial charge in [0.05, 0.1) is 5.69 Å². The summed E-state index contributed by atoms with van der Waals surface area (Å²) in [6, 6.07) is 11.7. The molecule has 0 aliphatic heterocycles. The number of hydrogen-bond acceptors (Lipinski definition) is 4. The third-order valence-electron chi connectivity index (χ3n) is 4.42. The second kappa shape index (κ2) is 7.94. The maximum absolute atomic E-state index is 12.8. The first-order valence-corrected chi connectivity index (χ1v) is 9.81. The molecule has 0 aliphatic rings. The fraction of sp³-hybridized carbons (Fsp3) is 0.227. The lowest BCUT2D eigenvalue weighted by Crippen LogP contribution is -2.13. The Labute approximate surface area is 168 Å². The van der Waals surface area contributed by atoms with Crippen LogP contribution >= 0.6 is 11.3 Å². The highest BCUT2D eigenvalue weighted by Crippen LogP contribution is 2.31. The third-order valence-corrected chi connectivity index (χ3v) is 5.61. The van der Waals surface area contributed by atoms with Crippen molar-refractivity contribution in [1.29, 1.82) is 0 Å². The molecule has 0 saturated heterocycles. The monoisotopic (exact) mass is 393 g/mol. The van der Waals surface area contributed by atoms with E-state index >= 15 is 0 Å². The maximum Gasteiger partial charge on any atom is 0.267 e. The lowest BCUT2D eigenvalue weighted by atomic mass is 10.1. The summed E-state index contributed by atoms with van der Waals surface area (Å²) in [5.74, 6) is -0.355. The highest BCUT2D eigenvalue weighted by molar-refractivity contribution is 7.17. The molecule has 28 heavy (non-hydrogen) atoms. The van der Waals surface area contributed by atoms with Crippen molar-refractivity contribution in [1.82, 2.24) is 4.98 Å². The lowest BCUT2D eigenvalue weighted by Gasteiger charge is -2.10. The molecule has 3 aromatic rings. The largest absolute Gasteiger partial charge is 0.326 e. The zero-order chi connectivity index (χ0) is 20.4. The zero-order valence-electron chi connectivity index (χ0n) is 16.6. The van der Waals surface area contributed by atoms with E-state index in [4.69, 9.17) is 0 Å². The van der Waals surface area contributed by atoms with Crippen LogP contribution in [0.5, 0.6) is 0 Å². The third kappa shape index (κ3) is 4.28. The Bertz CT molecular complexity index is 1070. The van der Waals surface area contributed by atoms with Gasteiger partial charge < -0.3 is 10.6 Å². The number of nitrogens with one attached hydrogen (secondary N) is 2. The Hall–Kier alpha value is -2.99. The number of carbonyl (C=O) groups excluding carboxylic acids is 2. The van der Waals surface area contributed by atoms with Crippen LogP contribution in [-0.4, -0.2) is 16.8 Å². The van der Waals surface area contributed by atoms with Crippen LogP contribution in [0.25, 0.3) is 10.6 Å². The van der Waals surface area contributed by atoms with E-state index in [1.54, 1.807) is 6.07 Å². The van der Waals surface area contributed by atoms with Gasteiger partial charge in [-0.15, -0.1) is 11.3 Å². The van der Waals surface area contributed by atoms with Crippen molar-refractivity contribution in [2.45, 2.75) is 34.6 Å². The number of amides is 2. The van der Waals surface area contributed by atoms with Gasteiger partial charge in [0.2, 0.25) is 5.91 Å². The molecule has 0 bridgehead atoms. The highest BCUT2D eigenvalue weighted by atomic mass is 32.1. The van der Waals surface area contributed by atoms with Crippen molar-refractivity contribution in [3.05, 3.63) is 63.7 Å². The van der Waals surface area contributed by atoms with E-state index in [9.17, 15) is 9.59 Å². The SMILES string of the molecule is CC(=O)Nc1cc(NC(=O)c2sc(-c3ccc(C)cc3C)nc2C)ccc1C. The zero-order valence-corrected chi connectivity index (χ0v) is 17.5. The van der Waals surface area contributed by atoms with Gasteiger partial charge in [-0.3, -0.25) is 9.59 Å². The minimum Gasteiger partial charge on any atom is -0.326 e. The topological polar surface area (TPSA) is 71.1 Å². The van der Waals surface area contributed by atoms with Crippen LogP contribution in [0.4, 0.5) is 11.4 Å². The number of rotatable bonds is 4. The van der Waals surface area contributed by atoms with Crippen molar-refractivity contribution in [3.8, 4) is 10.6 Å². The number of aromatic nitrogens is 1. The fourth-order valence-corrected chi connectivity index (χ4v) is 4.04. The molecule has 2 N–H and O–H groups in total. The summed E-state index contributed by atoms with van der Waals surface area (Å²) in [5, 5.41) is 6.52. The van der Waals surface area contributed by atoms with E-state index in [2.05, 4.69) is 41.6 Å². The van der Waals surface area contributed by atoms with Gasteiger partial charge in [-0.2, -0.15) is 0 Å². The van der Waals surface area contributed by atoms with Gasteiger partial charge in [-0.1, -0.05) is 29.8 Å². The molecule has 3 rings (SSSR count). The first kappa shape index (κ1) is 19.8. The lowest BCUT2D eigenvalue weighted by molar-refractivity contribution is -0.114. The van der Waals surface area contributed by atoms with Gasteiger partial charge in [-0.05, 0) is 51.0 Å². The molecule has 0 atom stereocenters. The predicted octanol–water partition coefficient (Wildman–Crippen LogP) is 5.25. The molecule has 0 radical (unpaired) electrons. The number of aryl methyl sites for hydroxylation is 4. The molecule has 2 amide bonds. The van der Waals surface area contributed by atoms with Crippen LogP contribution in [0.3, 0.4) is 0 Å². The van der Waals surface area contributed by atoms with Gasteiger partial charge in [0.25, 0.3) is 5.91 Å². The van der Waals surface area contributed by atoms with Crippen LogP contribution in [0.2, 0.25) is 0 Å². The molecule has 2 aromatic carbocycles. The van der Waals surface area contributed by atoms with Gasteiger partial charge in [-0.25, -0.2) is 4.98 Å². The molecular formula is C22H23N3O2S. The number of benzene rings is 2. The molecule has 6 heteroatoms. The molecular weight excluding hydrogens is 370 g/mol. The Morgan fingerprint density at radius 1 is 0.929 bits per heavy atom. The second-order valence-electron chi connectivity index (χ2n) is 6.92. The molecule has 1 aromatic heterocycles. The van der Waals surface area contributed by atoms with E-state index in [1.165, 1.54) is 23.8 Å². The summed E-state index contributed by atoms with van der Waals surface area (Å²) in [6.45, 7) is 9.31. The second-order valence-corrected chi connectivity index (χ2v) is 7.92. The Morgan fingerprint density at radius 3 is 2.36 bits per heavy atom. The van der Waals surface area contributed by atoms with Crippen molar-refractivity contribution < 1.29 is 9.59 Å². The minimum atomic E-state index is -0.205. The number of hydrogen-bond donors (Lipinski definition) is 2. The van der Waals surface area contributed by atoms with Gasteiger partial charge in [0.1, 0.15) is 9.88 Å². The standard InChI is InChI=1S/C22H23N3O2S/c1-12-6-9-18(14(3)10-12)22-23-15(4)20(28-22)21(27)25-17-8-7-13(2)19(11-17)24-16(5)26/h6-11H,1-5H3,(H,24,26)(H,25,27). The van der Waals surface area contributed by atoms with Gasteiger partial charge in [0, 0.05) is 23.9 Å². The molecule has 0 spiro atoms. The summed E-state index contributed by atoms with van der Waals surface area (Å²) in [5.41, 5.74) is 6.32. The summed E-state index contributed by atoms with van der Waals surface area (Å²) in [6.07, 6.45) is 0. The number of thiazole rings is 1. The average Bonchev–Trinajstić information content (AvgIpc) is 2.99. The van der Waals surface area contributed by atoms with Crippen molar-refractivity contribution in [3.63, 3.8) is 0 Å². The molecule has 1 heterocycles. The summed E-state index contributed by atoms with van der Waals surface area (Å²) < 4.78 is 0. The molecule has 0 unspecified atom stereocenters. The quantitative estimate of drug-likeness (QED) is 0.635. The van der Waals surface area contributed by atoms with Gasteiger partial charge in [0.15, 0.2) is 0 Å². The first-order valence-electron chi connectivity index (χ1n) is 8.99. The van der Waals surface area contributed by atoms with Crippen LogP contribution in [0.15, 0.2) is 36.4 Å². The number of anilines is 2. The summed E-state index contributed by atoms with van der Waals surface area (Å²) >= 11 is 1.39. The van der Waals surface area contributed by atoms with Crippen LogP contribution < -0.4 is 10.6 Å². The number of nitrogens with zero attached hydrogens (tertiary/aromatic N) is 1. The van der Waals surface area contributed by atoms with Crippen LogP contribution in [0, 0.1) is 27.7 Å². The molecule has 144 valence electrons. The average molecular weight is 394 g/mol.